The lowest BCUT2D eigenvalue weighted by molar-refractivity contribution is 0.590. The summed E-state index contributed by atoms with van der Waals surface area (Å²) in [5.74, 6) is 0.634. The molecule has 0 unspecified atom stereocenters. The zero-order valence-electron chi connectivity index (χ0n) is 12.8. The van der Waals surface area contributed by atoms with Gasteiger partial charge in [0.25, 0.3) is 0 Å². The monoisotopic (exact) mass is 300 g/mol. The number of benzene rings is 2. The van der Waals surface area contributed by atoms with E-state index in [0.717, 1.165) is 22.4 Å². The molecule has 0 bridgehead atoms. The van der Waals surface area contributed by atoms with E-state index in [1.54, 1.807) is 11.8 Å². The summed E-state index contributed by atoms with van der Waals surface area (Å²) in [6.45, 7) is 6.54. The van der Waals surface area contributed by atoms with E-state index in [0.29, 0.717) is 5.75 Å². The highest BCUT2D eigenvalue weighted by molar-refractivity contribution is 7.99. The van der Waals surface area contributed by atoms with Crippen LogP contribution in [0.1, 0.15) is 31.9 Å². The van der Waals surface area contributed by atoms with Gasteiger partial charge in [-0.15, -0.1) is 11.8 Å². The quantitative estimate of drug-likeness (QED) is 0.616. The van der Waals surface area contributed by atoms with Crippen LogP contribution < -0.4 is 0 Å². The van der Waals surface area contributed by atoms with Gasteiger partial charge < -0.3 is 0 Å². The van der Waals surface area contributed by atoms with Crippen LogP contribution in [0.2, 0.25) is 0 Å². The molecule has 2 aromatic rings. The molecule has 0 radical (unpaired) electrons. The Balaban J connectivity index is 2.08. The molecule has 0 saturated carbocycles. The second kappa shape index (κ2) is 6.95. The van der Waals surface area contributed by atoms with Gasteiger partial charge in [-0.25, -0.2) is 4.39 Å². The van der Waals surface area contributed by atoms with Crippen molar-refractivity contribution in [3.8, 4) is 0 Å². The van der Waals surface area contributed by atoms with Crippen LogP contribution in [-0.4, -0.2) is 5.75 Å². The number of hydrogen-bond acceptors (Lipinski definition) is 1. The standard InChI is InChI=1S/C19H21FS/c1-19(2,3)17-11-9-15(10-12-17)16(13-20)14-21-18-7-5-4-6-8-18/h4-13H,14H2,1-3H3. The first-order valence-corrected chi connectivity index (χ1v) is 8.07. The Bertz CT molecular complexity index is 592. The number of halogens is 1. The number of rotatable bonds is 4. The van der Waals surface area contributed by atoms with E-state index in [1.807, 2.05) is 42.5 Å². The largest absolute Gasteiger partial charge is 0.215 e. The fraction of sp³-hybridized carbons (Fsp3) is 0.263. The zero-order chi connectivity index (χ0) is 15.3. The third-order valence-electron chi connectivity index (χ3n) is 3.39. The van der Waals surface area contributed by atoms with Gasteiger partial charge in [0.15, 0.2) is 0 Å². The average molecular weight is 300 g/mol. The van der Waals surface area contributed by atoms with Crippen molar-refractivity contribution in [1.29, 1.82) is 0 Å². The van der Waals surface area contributed by atoms with Crippen molar-refractivity contribution < 1.29 is 4.39 Å². The summed E-state index contributed by atoms with van der Waals surface area (Å²) in [5.41, 5.74) is 3.06. The van der Waals surface area contributed by atoms with Crippen LogP contribution in [0.25, 0.3) is 5.57 Å². The van der Waals surface area contributed by atoms with Crippen molar-refractivity contribution in [1.82, 2.24) is 0 Å². The van der Waals surface area contributed by atoms with E-state index in [1.165, 1.54) is 5.56 Å². The van der Waals surface area contributed by atoms with E-state index in [-0.39, 0.29) is 5.41 Å². The maximum Gasteiger partial charge on any atom is 0.0913 e. The lowest BCUT2D eigenvalue weighted by Gasteiger charge is -2.19. The highest BCUT2D eigenvalue weighted by atomic mass is 32.2. The van der Waals surface area contributed by atoms with Gasteiger partial charge in [-0.05, 0) is 34.2 Å². The minimum Gasteiger partial charge on any atom is -0.215 e. The third-order valence-corrected chi connectivity index (χ3v) is 4.45. The molecule has 0 N–H and O–H groups in total. The Morgan fingerprint density at radius 2 is 1.62 bits per heavy atom. The van der Waals surface area contributed by atoms with E-state index >= 15 is 0 Å². The molecule has 0 amide bonds. The molecule has 0 saturated heterocycles. The minimum atomic E-state index is 0.122. The van der Waals surface area contributed by atoms with Crippen LogP contribution >= 0.6 is 11.8 Å². The summed E-state index contributed by atoms with van der Waals surface area (Å²) >= 11 is 1.65. The molecule has 0 nitrogen and oxygen atoms in total. The van der Waals surface area contributed by atoms with E-state index in [4.69, 9.17) is 0 Å². The average Bonchev–Trinajstić information content (AvgIpc) is 2.48. The SMILES string of the molecule is CC(C)(C)c1ccc(C(=CF)CSc2ccccc2)cc1. The first kappa shape index (κ1) is 15.8. The molecule has 0 heterocycles. The molecule has 2 rings (SSSR count). The smallest absolute Gasteiger partial charge is 0.0913 e. The van der Waals surface area contributed by atoms with Crippen molar-refractivity contribution in [2.24, 2.45) is 0 Å². The molecular weight excluding hydrogens is 279 g/mol. The number of hydrogen-bond donors (Lipinski definition) is 0. The van der Waals surface area contributed by atoms with Crippen LogP contribution in [0.4, 0.5) is 4.39 Å². The summed E-state index contributed by atoms with van der Waals surface area (Å²) in [6, 6.07) is 18.3. The molecule has 2 aromatic carbocycles. The van der Waals surface area contributed by atoms with Gasteiger partial charge in [0, 0.05) is 10.6 Å². The predicted molar refractivity (Wildman–Crippen MR) is 91.4 cm³/mol. The van der Waals surface area contributed by atoms with Gasteiger partial charge in [-0.3, -0.25) is 0 Å². The van der Waals surface area contributed by atoms with Crippen LogP contribution in [0, 0.1) is 0 Å². The van der Waals surface area contributed by atoms with Crippen molar-refractivity contribution in [3.63, 3.8) is 0 Å². The van der Waals surface area contributed by atoms with Gasteiger partial charge in [0.2, 0.25) is 0 Å². The van der Waals surface area contributed by atoms with Gasteiger partial charge >= 0.3 is 0 Å². The van der Waals surface area contributed by atoms with Gasteiger partial charge in [0.05, 0.1) is 6.33 Å². The maximum absolute atomic E-state index is 13.2. The van der Waals surface area contributed by atoms with Gasteiger partial charge in [-0.2, -0.15) is 0 Å². The maximum atomic E-state index is 13.2. The first-order valence-electron chi connectivity index (χ1n) is 7.09. The molecule has 0 fully saturated rings. The molecule has 21 heavy (non-hydrogen) atoms. The second-order valence-electron chi connectivity index (χ2n) is 6.06. The molecule has 0 aliphatic carbocycles. The highest BCUT2D eigenvalue weighted by Gasteiger charge is 2.13. The second-order valence-corrected chi connectivity index (χ2v) is 7.11. The Hall–Kier alpha value is -1.54. The Labute approximate surface area is 131 Å². The number of thioether (sulfide) groups is 1. The molecule has 0 aliphatic heterocycles. The molecule has 0 aromatic heterocycles. The van der Waals surface area contributed by atoms with Crippen LogP contribution in [0.15, 0.2) is 65.8 Å². The normalized spacial score (nSPS) is 12.5. The summed E-state index contributed by atoms with van der Waals surface area (Å²) in [6.07, 6.45) is 0.724. The predicted octanol–water partition coefficient (Wildman–Crippen LogP) is 6.09. The summed E-state index contributed by atoms with van der Waals surface area (Å²) in [7, 11) is 0. The van der Waals surface area contributed by atoms with E-state index in [9.17, 15) is 4.39 Å². The van der Waals surface area contributed by atoms with Gasteiger partial charge in [0.1, 0.15) is 0 Å². The highest BCUT2D eigenvalue weighted by Crippen LogP contribution is 2.28. The van der Waals surface area contributed by atoms with Crippen molar-refractivity contribution >= 4 is 17.3 Å². The van der Waals surface area contributed by atoms with E-state index in [2.05, 4.69) is 32.9 Å². The van der Waals surface area contributed by atoms with Crippen molar-refractivity contribution in [2.45, 2.75) is 31.1 Å². The fourth-order valence-corrected chi connectivity index (χ4v) is 2.94. The lowest BCUT2D eigenvalue weighted by atomic mass is 9.86. The van der Waals surface area contributed by atoms with Crippen LogP contribution in [0.3, 0.4) is 0 Å². The fourth-order valence-electron chi connectivity index (χ4n) is 2.04. The Morgan fingerprint density at radius 1 is 1.00 bits per heavy atom. The van der Waals surface area contributed by atoms with Crippen LogP contribution in [-0.2, 0) is 5.41 Å². The Kier molecular flexibility index (Phi) is 5.24. The minimum absolute atomic E-state index is 0.122. The zero-order valence-corrected chi connectivity index (χ0v) is 13.6. The lowest BCUT2D eigenvalue weighted by Crippen LogP contribution is -2.10. The Morgan fingerprint density at radius 3 is 2.14 bits per heavy atom. The van der Waals surface area contributed by atoms with E-state index < -0.39 is 0 Å². The molecule has 0 atom stereocenters. The molecule has 0 aliphatic rings. The summed E-state index contributed by atoms with van der Waals surface area (Å²) in [5, 5.41) is 0. The molecule has 110 valence electrons. The molecule has 2 heteroatoms. The summed E-state index contributed by atoms with van der Waals surface area (Å²) in [4.78, 5) is 1.16. The molecular formula is C19H21FS. The van der Waals surface area contributed by atoms with Crippen LogP contribution in [0.5, 0.6) is 0 Å². The first-order chi connectivity index (χ1) is 10.0. The van der Waals surface area contributed by atoms with Crippen molar-refractivity contribution in [2.75, 3.05) is 5.75 Å². The molecule has 0 spiro atoms. The van der Waals surface area contributed by atoms with Crippen molar-refractivity contribution in [3.05, 3.63) is 72.1 Å². The van der Waals surface area contributed by atoms with Gasteiger partial charge in [-0.1, -0.05) is 63.2 Å². The topological polar surface area (TPSA) is 0 Å². The summed E-state index contributed by atoms with van der Waals surface area (Å²) < 4.78 is 13.2. The third kappa shape index (κ3) is 4.47.